The van der Waals surface area contributed by atoms with Crippen molar-refractivity contribution in [3.8, 4) is 11.1 Å². The zero-order valence-corrected chi connectivity index (χ0v) is 24.2. The van der Waals surface area contributed by atoms with Gasteiger partial charge in [-0.15, -0.1) is 0 Å². The van der Waals surface area contributed by atoms with Gasteiger partial charge in [0.05, 0.1) is 15.9 Å². The van der Waals surface area contributed by atoms with E-state index in [2.05, 4.69) is 30.6 Å². The summed E-state index contributed by atoms with van der Waals surface area (Å²) in [6.45, 7) is 0.852. The van der Waals surface area contributed by atoms with E-state index in [1.807, 2.05) is 24.3 Å². The van der Waals surface area contributed by atoms with Crippen molar-refractivity contribution in [2.45, 2.75) is 42.3 Å². The number of fused-ring (bicyclic) bond motifs is 4. The molecule has 0 spiro atoms. The Kier molecular flexibility index (Phi) is 7.76. The van der Waals surface area contributed by atoms with Crippen LogP contribution in [-0.2, 0) is 33.0 Å². The number of hydrogen-bond acceptors (Lipinski definition) is 7. The molecule has 0 unspecified atom stereocenters. The number of sulfonamides is 1. The maximum atomic E-state index is 13.6. The van der Waals surface area contributed by atoms with Crippen LogP contribution in [0.1, 0.15) is 36.0 Å². The smallest absolute Gasteiger partial charge is 0.369 e. The van der Waals surface area contributed by atoms with Crippen molar-refractivity contribution < 1.29 is 26.4 Å². The molecule has 0 atom stereocenters. The van der Waals surface area contributed by atoms with Gasteiger partial charge in [0.15, 0.2) is 0 Å². The van der Waals surface area contributed by atoms with Crippen molar-refractivity contribution >= 4 is 33.4 Å². The van der Waals surface area contributed by atoms with Crippen LogP contribution < -0.4 is 20.7 Å². The van der Waals surface area contributed by atoms with Gasteiger partial charge in [0, 0.05) is 37.1 Å². The number of amides is 1. The van der Waals surface area contributed by atoms with Crippen molar-refractivity contribution in [3.63, 3.8) is 0 Å². The Balaban J connectivity index is 1.18. The maximum absolute atomic E-state index is 13.6. The Hall–Kier alpha value is -4.49. The van der Waals surface area contributed by atoms with E-state index in [9.17, 15) is 26.4 Å². The van der Waals surface area contributed by atoms with Crippen molar-refractivity contribution in [1.29, 1.82) is 0 Å². The van der Waals surface area contributed by atoms with Crippen molar-refractivity contribution in [3.05, 3.63) is 95.7 Å². The molecule has 4 bridgehead atoms. The van der Waals surface area contributed by atoms with Crippen LogP contribution in [0.15, 0.2) is 83.9 Å². The molecule has 228 valence electrons. The van der Waals surface area contributed by atoms with E-state index in [1.54, 1.807) is 18.3 Å². The first-order valence-corrected chi connectivity index (χ1v) is 15.6. The summed E-state index contributed by atoms with van der Waals surface area (Å²) < 4.78 is 68.7. The predicted octanol–water partition coefficient (Wildman–Crippen LogP) is 5.35. The molecule has 3 aromatic carbocycles. The SMILES string of the molecule is O=C(NCc1ccc(-c2cnc3nc2NCCCNS(=O)(=O)c2cccc(c2)N3)cc1)C1(c2ccccc2C(F)(F)F)CC1. The zero-order chi connectivity index (χ0) is 31.0. The average Bonchev–Trinajstić information content (AvgIpc) is 3.82. The summed E-state index contributed by atoms with van der Waals surface area (Å²) in [5.41, 5.74) is 0.904. The lowest BCUT2D eigenvalue weighted by Crippen LogP contribution is -2.35. The van der Waals surface area contributed by atoms with E-state index in [4.69, 9.17) is 0 Å². The number of alkyl halides is 3. The molecular weight excluding hydrogens is 593 g/mol. The lowest BCUT2D eigenvalue weighted by Gasteiger charge is -2.20. The van der Waals surface area contributed by atoms with Crippen LogP contribution in [0, 0.1) is 0 Å². The Bertz CT molecular complexity index is 1810. The molecule has 1 fully saturated rings. The van der Waals surface area contributed by atoms with Crippen LogP contribution >= 0.6 is 0 Å². The molecule has 1 aromatic heterocycles. The quantitative estimate of drug-likeness (QED) is 0.237. The number of benzene rings is 3. The first-order valence-electron chi connectivity index (χ1n) is 14.1. The summed E-state index contributed by atoms with van der Waals surface area (Å²) in [7, 11) is -3.66. The molecule has 1 aliphatic heterocycles. The summed E-state index contributed by atoms with van der Waals surface area (Å²) in [5.74, 6) is 0.428. The number of halogens is 3. The second-order valence-electron chi connectivity index (χ2n) is 10.8. The maximum Gasteiger partial charge on any atom is 0.416 e. The Morgan fingerprint density at radius 1 is 0.977 bits per heavy atom. The number of carbonyl (C=O) groups excluding carboxylic acids is 1. The number of carbonyl (C=O) groups is 1. The molecule has 0 saturated heterocycles. The number of rotatable bonds is 5. The lowest BCUT2D eigenvalue weighted by molar-refractivity contribution is -0.138. The van der Waals surface area contributed by atoms with E-state index in [0.29, 0.717) is 43.3 Å². The topological polar surface area (TPSA) is 125 Å². The van der Waals surface area contributed by atoms with Crippen molar-refractivity contribution in [2.24, 2.45) is 0 Å². The standard InChI is InChI=1S/C31H29F3N6O3S/c32-31(33,34)26-8-2-1-7-25(26)30(13-14-30)28(41)36-18-20-9-11-21(12-10-20)24-19-37-29-39-22-5-3-6-23(17-22)44(42,43)38-16-4-15-35-27(24)40-29/h1-3,5-12,17,19,38H,4,13-16,18H2,(H,36,41)(H2,35,37,39,40). The summed E-state index contributed by atoms with van der Waals surface area (Å²) in [6, 6.07) is 19.0. The van der Waals surface area contributed by atoms with Crippen molar-refractivity contribution in [1.82, 2.24) is 20.0 Å². The van der Waals surface area contributed by atoms with Gasteiger partial charge in [-0.1, -0.05) is 48.5 Å². The number of nitrogens with one attached hydrogen (secondary N) is 4. The lowest BCUT2D eigenvalue weighted by atomic mass is 9.90. The fourth-order valence-electron chi connectivity index (χ4n) is 5.29. The second kappa shape index (κ2) is 11.5. The van der Waals surface area contributed by atoms with Gasteiger partial charge in [-0.2, -0.15) is 18.2 Å². The Morgan fingerprint density at radius 3 is 2.50 bits per heavy atom. The third-order valence-electron chi connectivity index (χ3n) is 7.78. The third kappa shape index (κ3) is 6.10. The molecule has 6 rings (SSSR count). The highest BCUT2D eigenvalue weighted by molar-refractivity contribution is 7.89. The molecule has 2 heterocycles. The molecule has 9 nitrogen and oxygen atoms in total. The number of nitrogens with zero attached hydrogens (tertiary/aromatic N) is 2. The molecule has 13 heteroatoms. The fraction of sp³-hybridized carbons (Fsp3) is 0.258. The molecule has 44 heavy (non-hydrogen) atoms. The number of anilines is 3. The van der Waals surface area contributed by atoms with Crippen LogP contribution in [-0.4, -0.2) is 37.4 Å². The van der Waals surface area contributed by atoms with Crippen molar-refractivity contribution in [2.75, 3.05) is 23.7 Å². The minimum atomic E-state index is -4.54. The number of aromatic nitrogens is 2. The molecule has 4 N–H and O–H groups in total. The highest BCUT2D eigenvalue weighted by Crippen LogP contribution is 2.52. The molecule has 2 aliphatic rings. The molecule has 4 aromatic rings. The summed E-state index contributed by atoms with van der Waals surface area (Å²) >= 11 is 0. The Morgan fingerprint density at radius 2 is 1.75 bits per heavy atom. The zero-order valence-electron chi connectivity index (χ0n) is 23.4. The van der Waals surface area contributed by atoms with Gasteiger partial charge in [-0.25, -0.2) is 18.1 Å². The van der Waals surface area contributed by atoms with E-state index in [-0.39, 0.29) is 23.5 Å². The molecule has 1 aliphatic carbocycles. The van der Waals surface area contributed by atoms with Gasteiger partial charge in [0.1, 0.15) is 5.82 Å². The van der Waals surface area contributed by atoms with Crippen LogP contribution in [0.4, 0.5) is 30.6 Å². The molecule has 1 amide bonds. The van der Waals surface area contributed by atoms with E-state index in [1.165, 1.54) is 30.3 Å². The first-order chi connectivity index (χ1) is 21.0. The van der Waals surface area contributed by atoms with Gasteiger partial charge < -0.3 is 16.0 Å². The summed E-state index contributed by atoms with van der Waals surface area (Å²) in [6.07, 6.45) is -1.63. The van der Waals surface area contributed by atoms with Crippen LogP contribution in [0.5, 0.6) is 0 Å². The van der Waals surface area contributed by atoms with E-state index in [0.717, 1.165) is 22.8 Å². The number of hydrogen-bond donors (Lipinski definition) is 4. The summed E-state index contributed by atoms with van der Waals surface area (Å²) in [4.78, 5) is 22.3. The Labute approximate surface area is 252 Å². The van der Waals surface area contributed by atoms with E-state index < -0.39 is 33.1 Å². The fourth-order valence-corrected chi connectivity index (χ4v) is 6.41. The van der Waals surface area contributed by atoms with Crippen LogP contribution in [0.3, 0.4) is 0 Å². The largest absolute Gasteiger partial charge is 0.416 e. The van der Waals surface area contributed by atoms with Gasteiger partial charge in [0.2, 0.25) is 21.9 Å². The average molecular weight is 623 g/mol. The first kappa shape index (κ1) is 29.6. The molecule has 0 radical (unpaired) electrons. The van der Waals surface area contributed by atoms with Crippen LogP contribution in [0.2, 0.25) is 0 Å². The highest BCUT2D eigenvalue weighted by Gasteiger charge is 2.54. The molecular formula is C31H29F3N6O3S. The monoisotopic (exact) mass is 622 g/mol. The third-order valence-corrected chi connectivity index (χ3v) is 9.24. The normalized spacial score (nSPS) is 17.1. The van der Waals surface area contributed by atoms with Gasteiger partial charge in [-0.3, -0.25) is 4.79 Å². The van der Waals surface area contributed by atoms with Gasteiger partial charge in [-0.05, 0) is 60.2 Å². The summed E-state index contributed by atoms with van der Waals surface area (Å²) in [5, 5.41) is 9.16. The predicted molar refractivity (Wildman–Crippen MR) is 160 cm³/mol. The highest BCUT2D eigenvalue weighted by atomic mass is 32.2. The minimum absolute atomic E-state index is 0.0186. The minimum Gasteiger partial charge on any atom is -0.369 e. The second-order valence-corrected chi connectivity index (χ2v) is 12.6. The van der Waals surface area contributed by atoms with Gasteiger partial charge in [0.25, 0.3) is 0 Å². The van der Waals surface area contributed by atoms with E-state index >= 15 is 0 Å². The van der Waals surface area contributed by atoms with Gasteiger partial charge >= 0.3 is 6.18 Å². The molecule has 1 saturated carbocycles. The van der Waals surface area contributed by atoms with Crippen LogP contribution in [0.25, 0.3) is 11.1 Å².